The Morgan fingerprint density at radius 1 is 1.64 bits per heavy atom. The number of nitrogens with zero attached hydrogens (tertiary/aromatic N) is 2. The molecule has 0 saturated heterocycles. The van der Waals surface area contributed by atoms with E-state index in [-0.39, 0.29) is 17.7 Å². The van der Waals surface area contributed by atoms with Crippen molar-refractivity contribution in [2.45, 2.75) is 6.42 Å². The molecule has 1 aromatic carbocycles. The van der Waals surface area contributed by atoms with Gasteiger partial charge in [0.1, 0.15) is 5.69 Å². The van der Waals surface area contributed by atoms with Crippen LogP contribution in [0.15, 0.2) is 12.1 Å². The molecule has 1 rings (SSSR count). The Labute approximate surface area is 78.7 Å². The number of benzene rings is 1. The lowest BCUT2D eigenvalue weighted by Crippen LogP contribution is -2.01. The largest absolute Gasteiger partial charge is 0.393 e. The molecule has 14 heavy (non-hydrogen) atoms. The average molecular weight is 195 g/mol. The molecule has 0 aliphatic carbocycles. The first-order valence-electron chi connectivity index (χ1n) is 3.66. The monoisotopic (exact) mass is 195 g/mol. The molecule has 0 atom stereocenters. The van der Waals surface area contributed by atoms with Crippen LogP contribution in [0.1, 0.15) is 5.56 Å². The van der Waals surface area contributed by atoms with E-state index < -0.39 is 16.4 Å². The Morgan fingerprint density at radius 3 is 2.79 bits per heavy atom. The zero-order chi connectivity index (χ0) is 10.7. The number of halogens is 1. The zero-order valence-electron chi connectivity index (χ0n) is 7.03. The highest BCUT2D eigenvalue weighted by molar-refractivity contribution is 5.60. The zero-order valence-corrected chi connectivity index (χ0v) is 7.03. The number of nitrogen functional groups attached to an aromatic ring is 1. The molecule has 0 amide bonds. The van der Waals surface area contributed by atoms with Crippen LogP contribution in [0, 0.1) is 27.3 Å². The minimum atomic E-state index is -1.03. The maximum atomic E-state index is 13.3. The topological polar surface area (TPSA) is 93.0 Å². The highest BCUT2D eigenvalue weighted by Gasteiger charge is 2.21. The van der Waals surface area contributed by atoms with Gasteiger partial charge in [0.2, 0.25) is 5.82 Å². The highest BCUT2D eigenvalue weighted by Crippen LogP contribution is 2.27. The van der Waals surface area contributed by atoms with Crippen molar-refractivity contribution < 1.29 is 9.31 Å². The van der Waals surface area contributed by atoms with Crippen LogP contribution >= 0.6 is 0 Å². The summed E-state index contributed by atoms with van der Waals surface area (Å²) >= 11 is 0. The Balaban J connectivity index is 3.35. The van der Waals surface area contributed by atoms with E-state index in [0.717, 1.165) is 0 Å². The number of nitrogens with two attached hydrogens (primary N) is 1. The minimum absolute atomic E-state index is 0.0200. The van der Waals surface area contributed by atoms with Gasteiger partial charge in [0.05, 0.1) is 17.4 Å². The van der Waals surface area contributed by atoms with Gasteiger partial charge in [-0.1, -0.05) is 6.07 Å². The van der Waals surface area contributed by atoms with Crippen LogP contribution in [0.25, 0.3) is 0 Å². The molecule has 0 heterocycles. The van der Waals surface area contributed by atoms with Gasteiger partial charge in [-0.2, -0.15) is 9.65 Å². The number of anilines is 1. The van der Waals surface area contributed by atoms with E-state index >= 15 is 0 Å². The SMILES string of the molecule is N#CCc1ccc(N)c([N+](=O)[O-])c1F. The summed E-state index contributed by atoms with van der Waals surface area (Å²) in [6.07, 6.45) is -0.215. The van der Waals surface area contributed by atoms with Gasteiger partial charge in [-0.25, -0.2) is 0 Å². The van der Waals surface area contributed by atoms with Crippen molar-refractivity contribution in [2.75, 3.05) is 5.73 Å². The molecule has 5 nitrogen and oxygen atoms in total. The molecule has 0 unspecified atom stereocenters. The second kappa shape index (κ2) is 3.70. The maximum absolute atomic E-state index is 13.3. The van der Waals surface area contributed by atoms with Crippen LogP contribution < -0.4 is 5.73 Å². The molecule has 0 saturated carbocycles. The molecule has 0 bridgehead atoms. The molecule has 2 N–H and O–H groups in total. The van der Waals surface area contributed by atoms with Gasteiger partial charge in [-0.3, -0.25) is 10.1 Å². The van der Waals surface area contributed by atoms with Crippen LogP contribution in [0.3, 0.4) is 0 Å². The van der Waals surface area contributed by atoms with Crippen molar-refractivity contribution in [3.63, 3.8) is 0 Å². The lowest BCUT2D eigenvalue weighted by atomic mass is 10.1. The molecule has 0 radical (unpaired) electrons. The number of nitro groups is 1. The second-order valence-corrected chi connectivity index (χ2v) is 2.57. The lowest BCUT2D eigenvalue weighted by molar-refractivity contribution is -0.386. The number of hydrogen-bond acceptors (Lipinski definition) is 4. The van der Waals surface area contributed by atoms with Crippen molar-refractivity contribution in [1.29, 1.82) is 5.26 Å². The molecule has 0 fully saturated rings. The highest BCUT2D eigenvalue weighted by atomic mass is 19.1. The van der Waals surface area contributed by atoms with Crippen LogP contribution in [0.4, 0.5) is 15.8 Å². The van der Waals surface area contributed by atoms with Gasteiger partial charge in [-0.05, 0) is 6.07 Å². The summed E-state index contributed by atoms with van der Waals surface area (Å²) in [6, 6.07) is 4.19. The van der Waals surface area contributed by atoms with Gasteiger partial charge in [-0.15, -0.1) is 0 Å². The molecule has 0 aliphatic rings. The average Bonchev–Trinajstić information content (AvgIpc) is 2.10. The van der Waals surface area contributed by atoms with E-state index in [1.54, 1.807) is 6.07 Å². The van der Waals surface area contributed by atoms with Gasteiger partial charge in [0, 0.05) is 5.56 Å². The van der Waals surface area contributed by atoms with E-state index in [0.29, 0.717) is 0 Å². The summed E-state index contributed by atoms with van der Waals surface area (Å²) in [5.74, 6) is -1.03. The third kappa shape index (κ3) is 1.61. The summed E-state index contributed by atoms with van der Waals surface area (Å²) in [4.78, 5) is 9.50. The smallest absolute Gasteiger partial charge is 0.327 e. The normalized spacial score (nSPS) is 9.43. The molecular weight excluding hydrogens is 189 g/mol. The van der Waals surface area contributed by atoms with E-state index in [1.807, 2.05) is 0 Å². The molecule has 1 aromatic rings. The predicted molar refractivity (Wildman–Crippen MR) is 46.8 cm³/mol. The van der Waals surface area contributed by atoms with Crippen molar-refractivity contribution >= 4 is 11.4 Å². The predicted octanol–water partition coefficient (Wildman–Crippen LogP) is 1.38. The Hall–Kier alpha value is -2.16. The lowest BCUT2D eigenvalue weighted by Gasteiger charge is -2.01. The third-order valence-corrected chi connectivity index (χ3v) is 1.68. The van der Waals surface area contributed by atoms with Crippen LogP contribution in [0.5, 0.6) is 0 Å². The summed E-state index contributed by atoms with van der Waals surface area (Å²) in [6.45, 7) is 0. The number of rotatable bonds is 2. The maximum Gasteiger partial charge on any atom is 0.327 e. The van der Waals surface area contributed by atoms with Crippen molar-refractivity contribution in [3.8, 4) is 6.07 Å². The van der Waals surface area contributed by atoms with Crippen molar-refractivity contribution in [3.05, 3.63) is 33.6 Å². The van der Waals surface area contributed by atoms with E-state index in [4.69, 9.17) is 11.0 Å². The molecule has 0 spiro atoms. The molecular formula is C8H6FN3O2. The summed E-state index contributed by atoms with van der Waals surface area (Å²) < 4.78 is 13.3. The molecule has 0 aromatic heterocycles. The van der Waals surface area contributed by atoms with E-state index in [9.17, 15) is 14.5 Å². The van der Waals surface area contributed by atoms with Crippen LogP contribution in [0.2, 0.25) is 0 Å². The third-order valence-electron chi connectivity index (χ3n) is 1.68. The number of hydrogen-bond donors (Lipinski definition) is 1. The molecule has 72 valence electrons. The second-order valence-electron chi connectivity index (χ2n) is 2.57. The van der Waals surface area contributed by atoms with Crippen LogP contribution in [-0.4, -0.2) is 4.92 Å². The summed E-state index contributed by atoms with van der Waals surface area (Å²) in [7, 11) is 0. The van der Waals surface area contributed by atoms with Crippen molar-refractivity contribution in [2.24, 2.45) is 0 Å². The summed E-state index contributed by atoms with van der Waals surface area (Å²) in [5.41, 5.74) is 4.20. The van der Waals surface area contributed by atoms with Crippen LogP contribution in [-0.2, 0) is 6.42 Å². The van der Waals surface area contributed by atoms with Gasteiger partial charge >= 0.3 is 5.69 Å². The first kappa shape index (κ1) is 9.92. The fourth-order valence-corrected chi connectivity index (χ4v) is 1.03. The molecule has 6 heteroatoms. The minimum Gasteiger partial charge on any atom is -0.393 e. The van der Waals surface area contributed by atoms with Gasteiger partial charge in [0.15, 0.2) is 0 Å². The Kier molecular flexibility index (Phi) is 2.62. The number of nitriles is 1. The van der Waals surface area contributed by atoms with E-state index in [1.165, 1.54) is 12.1 Å². The Morgan fingerprint density at radius 2 is 2.29 bits per heavy atom. The van der Waals surface area contributed by atoms with Gasteiger partial charge < -0.3 is 5.73 Å². The number of nitro benzene ring substituents is 1. The van der Waals surface area contributed by atoms with E-state index in [2.05, 4.69) is 0 Å². The fourth-order valence-electron chi connectivity index (χ4n) is 1.03. The summed E-state index contributed by atoms with van der Waals surface area (Å²) in [5, 5.41) is 18.7. The van der Waals surface area contributed by atoms with Gasteiger partial charge in [0.25, 0.3) is 0 Å². The quantitative estimate of drug-likeness (QED) is 0.438. The Bertz CT molecular complexity index is 425. The fraction of sp³-hybridized carbons (Fsp3) is 0.125. The standard InChI is InChI=1S/C8H6FN3O2/c9-7-5(3-4-10)1-2-6(11)8(7)12(13)14/h1-2H,3,11H2. The van der Waals surface area contributed by atoms with Crippen molar-refractivity contribution in [1.82, 2.24) is 0 Å². The first-order valence-corrected chi connectivity index (χ1v) is 3.66. The first-order chi connectivity index (χ1) is 6.57. The molecule has 0 aliphatic heterocycles.